The van der Waals surface area contributed by atoms with Crippen LogP contribution in [0.25, 0.3) is 44.0 Å². The number of fused-ring (bicyclic) bond motifs is 4. The summed E-state index contributed by atoms with van der Waals surface area (Å²) in [5.41, 5.74) is 2.91. The minimum absolute atomic E-state index is 0.220. The van der Waals surface area contributed by atoms with Crippen molar-refractivity contribution in [3.63, 3.8) is 0 Å². The predicted octanol–water partition coefficient (Wildman–Crippen LogP) is 3.71. The van der Waals surface area contributed by atoms with Crippen molar-refractivity contribution in [3.05, 3.63) is 64.6 Å². The van der Waals surface area contributed by atoms with Gasteiger partial charge in [-0.2, -0.15) is 13.7 Å². The maximum absolute atomic E-state index is 13.5. The second-order valence-electron chi connectivity index (χ2n) is 7.56. The van der Waals surface area contributed by atoms with Crippen LogP contribution in [0.2, 0.25) is 0 Å². The normalized spacial score (nSPS) is 11.7. The first-order valence-electron chi connectivity index (χ1n) is 9.86. The van der Waals surface area contributed by atoms with Gasteiger partial charge in [0.2, 0.25) is 0 Å². The van der Waals surface area contributed by atoms with Gasteiger partial charge in [-0.25, -0.2) is 0 Å². The summed E-state index contributed by atoms with van der Waals surface area (Å²) < 4.78 is 46.3. The Hall–Kier alpha value is -4.43. The highest BCUT2D eigenvalue weighted by Crippen LogP contribution is 2.36. The van der Waals surface area contributed by atoms with E-state index in [1.807, 2.05) is 0 Å². The number of benzene rings is 2. The quantitative estimate of drug-likeness (QED) is 0.390. The van der Waals surface area contributed by atoms with Gasteiger partial charge in [0, 0.05) is 35.3 Å². The minimum atomic E-state index is -5.22. The highest BCUT2D eigenvalue weighted by Gasteiger charge is 2.19. The Balaban J connectivity index is 1.81. The van der Waals surface area contributed by atoms with Gasteiger partial charge >= 0.3 is 10.5 Å². The molecule has 0 radical (unpaired) electrons. The predicted molar refractivity (Wildman–Crippen MR) is 124 cm³/mol. The van der Waals surface area contributed by atoms with Gasteiger partial charge < -0.3 is 18.5 Å². The van der Waals surface area contributed by atoms with Crippen molar-refractivity contribution in [3.8, 4) is 28.7 Å². The first-order valence-corrected chi connectivity index (χ1v) is 11.2. The first-order chi connectivity index (χ1) is 16.2. The smallest absolute Gasteiger partial charge is 0.488 e. The van der Waals surface area contributed by atoms with Crippen molar-refractivity contribution >= 4 is 43.3 Å². The number of nitrogens with zero attached hydrogens (tertiary/aromatic N) is 3. The topological polar surface area (TPSA) is 127 Å². The lowest BCUT2D eigenvalue weighted by Crippen LogP contribution is -2.09. The molecule has 2 aromatic carbocycles. The largest absolute Gasteiger partial charge is 0.496 e. The van der Waals surface area contributed by atoms with Crippen LogP contribution < -0.4 is 14.3 Å². The monoisotopic (exact) mass is 478 g/mol. The standard InChI is InChI=1S/C23H15FN4O5S/c1-28-19-7-16(13-6-14(11-26-10-13)33-34(24,30)31)20(32-2)8-17(19)22(29)21-15-4-3-12(9-25)5-18(15)27-23(21)28/h3-8,10-11,27H,1-2H3. The van der Waals surface area contributed by atoms with Gasteiger partial charge in [-0.15, -0.1) is 0 Å². The molecule has 3 heterocycles. The molecular formula is C23H15FN4O5S. The van der Waals surface area contributed by atoms with Crippen LogP contribution in [0, 0.1) is 11.3 Å². The van der Waals surface area contributed by atoms with Crippen molar-refractivity contribution in [1.29, 1.82) is 5.26 Å². The maximum atomic E-state index is 13.5. The second kappa shape index (κ2) is 7.57. The highest BCUT2D eigenvalue weighted by atomic mass is 32.3. The number of halogens is 1. The van der Waals surface area contributed by atoms with Crippen LogP contribution in [0.4, 0.5) is 3.89 Å². The zero-order valence-corrected chi connectivity index (χ0v) is 18.6. The van der Waals surface area contributed by atoms with E-state index >= 15 is 0 Å². The molecule has 0 aliphatic heterocycles. The summed E-state index contributed by atoms with van der Waals surface area (Å²) in [6.45, 7) is 0. The molecule has 5 rings (SSSR count). The van der Waals surface area contributed by atoms with Gasteiger partial charge in [0.05, 0.1) is 41.2 Å². The summed E-state index contributed by atoms with van der Waals surface area (Å²) in [4.78, 5) is 20.6. The number of nitriles is 1. The molecule has 3 aromatic heterocycles. The summed E-state index contributed by atoms with van der Waals surface area (Å²) in [6, 6.07) is 11.8. The number of ether oxygens (including phenoxy) is 1. The van der Waals surface area contributed by atoms with Gasteiger partial charge in [0.15, 0.2) is 11.2 Å². The fraction of sp³-hybridized carbons (Fsp3) is 0.0870. The number of aromatic nitrogens is 3. The Morgan fingerprint density at radius 1 is 1.15 bits per heavy atom. The summed E-state index contributed by atoms with van der Waals surface area (Å²) >= 11 is 0. The van der Waals surface area contributed by atoms with Crippen LogP contribution in [0.15, 0.2) is 53.6 Å². The number of pyridine rings is 2. The average Bonchev–Trinajstić information content (AvgIpc) is 3.20. The third-order valence-electron chi connectivity index (χ3n) is 5.61. The van der Waals surface area contributed by atoms with Crippen LogP contribution >= 0.6 is 0 Å². The van der Waals surface area contributed by atoms with E-state index in [-0.39, 0.29) is 11.2 Å². The van der Waals surface area contributed by atoms with E-state index in [1.165, 1.54) is 19.4 Å². The van der Waals surface area contributed by atoms with Crippen LogP contribution in [0.1, 0.15) is 5.56 Å². The molecule has 0 fully saturated rings. The van der Waals surface area contributed by atoms with Gasteiger partial charge in [-0.05, 0) is 30.3 Å². The summed E-state index contributed by atoms with van der Waals surface area (Å²) in [6.07, 6.45) is 2.50. The lowest BCUT2D eigenvalue weighted by atomic mass is 10.0. The van der Waals surface area contributed by atoms with Crippen LogP contribution in [0.3, 0.4) is 0 Å². The number of aryl methyl sites for hydroxylation is 1. The molecule has 170 valence electrons. The van der Waals surface area contributed by atoms with E-state index in [0.29, 0.717) is 55.3 Å². The third kappa shape index (κ3) is 3.41. The molecule has 34 heavy (non-hydrogen) atoms. The number of methoxy groups -OCH3 is 1. The van der Waals surface area contributed by atoms with E-state index in [2.05, 4.69) is 20.2 Å². The molecule has 0 amide bonds. The number of aromatic amines is 1. The van der Waals surface area contributed by atoms with Crippen LogP contribution in [-0.2, 0) is 17.6 Å². The Labute approximate surface area is 192 Å². The molecule has 0 aliphatic rings. The van der Waals surface area contributed by atoms with Crippen molar-refractivity contribution in [1.82, 2.24) is 14.5 Å². The summed E-state index contributed by atoms with van der Waals surface area (Å²) in [5.74, 6) is 0.0213. The molecular weight excluding hydrogens is 463 g/mol. The van der Waals surface area contributed by atoms with Crippen molar-refractivity contribution in [2.45, 2.75) is 0 Å². The fourth-order valence-electron chi connectivity index (χ4n) is 4.14. The van der Waals surface area contributed by atoms with Crippen molar-refractivity contribution in [2.75, 3.05) is 7.11 Å². The lowest BCUT2D eigenvalue weighted by Gasteiger charge is -2.14. The second-order valence-corrected chi connectivity index (χ2v) is 8.52. The molecule has 0 saturated heterocycles. The van der Waals surface area contributed by atoms with Gasteiger partial charge in [-0.1, -0.05) is 9.95 Å². The summed E-state index contributed by atoms with van der Waals surface area (Å²) in [5, 5.41) is 10.8. The number of hydrogen-bond acceptors (Lipinski definition) is 7. The average molecular weight is 478 g/mol. The Kier molecular flexibility index (Phi) is 4.77. The lowest BCUT2D eigenvalue weighted by molar-refractivity contribution is 0.417. The molecule has 0 aliphatic carbocycles. The zero-order chi connectivity index (χ0) is 24.2. The van der Waals surface area contributed by atoms with E-state index in [1.54, 1.807) is 41.9 Å². The van der Waals surface area contributed by atoms with Crippen molar-refractivity contribution in [2.24, 2.45) is 7.05 Å². The summed E-state index contributed by atoms with van der Waals surface area (Å²) in [7, 11) is -2.00. The Bertz CT molecular complexity index is 1850. The van der Waals surface area contributed by atoms with E-state index in [4.69, 9.17) is 4.74 Å². The maximum Gasteiger partial charge on any atom is 0.488 e. The van der Waals surface area contributed by atoms with E-state index in [0.717, 1.165) is 6.20 Å². The molecule has 1 N–H and O–H groups in total. The molecule has 9 nitrogen and oxygen atoms in total. The van der Waals surface area contributed by atoms with Gasteiger partial charge in [-0.3, -0.25) is 9.78 Å². The highest BCUT2D eigenvalue weighted by molar-refractivity contribution is 7.81. The Morgan fingerprint density at radius 2 is 1.94 bits per heavy atom. The minimum Gasteiger partial charge on any atom is -0.496 e. The van der Waals surface area contributed by atoms with Gasteiger partial charge in [0.1, 0.15) is 11.4 Å². The molecule has 11 heteroatoms. The molecule has 0 spiro atoms. The van der Waals surface area contributed by atoms with Crippen molar-refractivity contribution < 1.29 is 21.2 Å². The molecule has 0 unspecified atom stereocenters. The number of hydrogen-bond donors (Lipinski definition) is 1. The number of H-pyrrole nitrogens is 1. The van der Waals surface area contributed by atoms with Gasteiger partial charge in [0.25, 0.3) is 0 Å². The third-order valence-corrected chi connectivity index (χ3v) is 6.01. The molecule has 0 atom stereocenters. The van der Waals surface area contributed by atoms with E-state index in [9.17, 15) is 22.4 Å². The number of nitrogens with one attached hydrogen (secondary N) is 1. The molecule has 0 saturated carbocycles. The van der Waals surface area contributed by atoms with E-state index < -0.39 is 10.5 Å². The zero-order valence-electron chi connectivity index (χ0n) is 17.8. The fourth-order valence-corrected chi connectivity index (χ4v) is 4.46. The first kappa shape index (κ1) is 21.4. The van der Waals surface area contributed by atoms with Crippen LogP contribution in [0.5, 0.6) is 11.5 Å². The Morgan fingerprint density at radius 3 is 2.65 bits per heavy atom. The van der Waals surface area contributed by atoms with Crippen LogP contribution in [-0.4, -0.2) is 30.1 Å². The number of rotatable bonds is 4. The SMILES string of the molecule is COc1cc2c(=O)c3c4ccc(C#N)cc4[nH]c3n(C)c2cc1-c1cncc(OS(=O)(=O)F)c1. The molecule has 0 bridgehead atoms. The molecule has 5 aromatic rings.